The van der Waals surface area contributed by atoms with Crippen molar-refractivity contribution < 1.29 is 9.53 Å². The van der Waals surface area contributed by atoms with Crippen molar-refractivity contribution in [2.24, 2.45) is 17.8 Å². The Balaban J connectivity index is 1.56. The highest BCUT2D eigenvalue weighted by molar-refractivity contribution is 5.91. The molecule has 4 heteroatoms. The van der Waals surface area contributed by atoms with E-state index < -0.39 is 0 Å². The highest BCUT2D eigenvalue weighted by atomic mass is 16.5. The summed E-state index contributed by atoms with van der Waals surface area (Å²) in [6, 6.07) is 7.55. The van der Waals surface area contributed by atoms with Crippen LogP contribution in [-0.2, 0) is 0 Å². The molecule has 2 amide bonds. The first-order valence-corrected chi connectivity index (χ1v) is 7.88. The van der Waals surface area contributed by atoms with Gasteiger partial charge in [0.15, 0.2) is 0 Å². The molecule has 1 aromatic rings. The lowest BCUT2D eigenvalue weighted by Crippen LogP contribution is -2.42. The van der Waals surface area contributed by atoms with Gasteiger partial charge in [-0.1, -0.05) is 18.6 Å². The third kappa shape index (κ3) is 2.99. The number of amides is 2. The molecule has 0 saturated heterocycles. The van der Waals surface area contributed by atoms with Gasteiger partial charge in [0.2, 0.25) is 0 Å². The Bertz CT molecular complexity index is 517. The fourth-order valence-electron chi connectivity index (χ4n) is 4.13. The quantitative estimate of drug-likeness (QED) is 0.888. The van der Waals surface area contributed by atoms with Crippen molar-refractivity contribution in [2.45, 2.75) is 38.6 Å². The van der Waals surface area contributed by atoms with E-state index in [-0.39, 0.29) is 12.1 Å². The van der Waals surface area contributed by atoms with Crippen LogP contribution in [0.5, 0.6) is 5.75 Å². The highest BCUT2D eigenvalue weighted by Gasteiger charge is 2.42. The SMILES string of the molecule is COc1ccccc1NC(=O)N[C@@H](C)[C@@H]1C[C@@H]2CC[C@@H]1C2. The largest absolute Gasteiger partial charge is 0.495 e. The molecule has 21 heavy (non-hydrogen) atoms. The summed E-state index contributed by atoms with van der Waals surface area (Å²) in [4.78, 5) is 12.2. The van der Waals surface area contributed by atoms with Crippen LogP contribution in [0.3, 0.4) is 0 Å². The predicted molar refractivity (Wildman–Crippen MR) is 83.5 cm³/mol. The van der Waals surface area contributed by atoms with Crippen LogP contribution in [0.25, 0.3) is 0 Å². The predicted octanol–water partition coefficient (Wildman–Crippen LogP) is 3.64. The number of para-hydroxylation sites is 2. The molecule has 0 radical (unpaired) electrons. The summed E-state index contributed by atoms with van der Waals surface area (Å²) >= 11 is 0. The van der Waals surface area contributed by atoms with Crippen LogP contribution in [0.1, 0.15) is 32.6 Å². The maximum Gasteiger partial charge on any atom is 0.319 e. The average Bonchev–Trinajstić information content (AvgIpc) is 3.10. The number of fused-ring (bicyclic) bond motifs is 2. The number of hydrogen-bond acceptors (Lipinski definition) is 2. The van der Waals surface area contributed by atoms with E-state index in [2.05, 4.69) is 17.6 Å². The molecule has 4 atom stereocenters. The number of carbonyl (C=O) groups is 1. The van der Waals surface area contributed by atoms with Crippen LogP contribution in [0.4, 0.5) is 10.5 Å². The minimum Gasteiger partial charge on any atom is -0.495 e. The third-order valence-corrected chi connectivity index (χ3v) is 5.15. The molecule has 0 unspecified atom stereocenters. The summed E-state index contributed by atoms with van der Waals surface area (Å²) in [6.45, 7) is 2.13. The summed E-state index contributed by atoms with van der Waals surface area (Å²) in [7, 11) is 1.61. The van der Waals surface area contributed by atoms with Crippen LogP contribution in [-0.4, -0.2) is 19.2 Å². The zero-order valence-corrected chi connectivity index (χ0v) is 12.8. The molecule has 2 bridgehead atoms. The van der Waals surface area contributed by atoms with Gasteiger partial charge < -0.3 is 15.4 Å². The lowest BCUT2D eigenvalue weighted by atomic mass is 9.84. The monoisotopic (exact) mass is 288 g/mol. The first-order valence-electron chi connectivity index (χ1n) is 7.88. The van der Waals surface area contributed by atoms with E-state index in [0.717, 1.165) is 11.8 Å². The fraction of sp³-hybridized carbons (Fsp3) is 0.588. The number of rotatable bonds is 4. The molecule has 0 aliphatic heterocycles. The van der Waals surface area contributed by atoms with Crippen molar-refractivity contribution >= 4 is 11.7 Å². The second-order valence-electron chi connectivity index (χ2n) is 6.43. The van der Waals surface area contributed by atoms with Crippen molar-refractivity contribution in [2.75, 3.05) is 12.4 Å². The lowest BCUT2D eigenvalue weighted by molar-refractivity contribution is 0.230. The summed E-state index contributed by atoms with van der Waals surface area (Å²) in [6.07, 6.45) is 5.38. The van der Waals surface area contributed by atoms with Crippen molar-refractivity contribution in [3.05, 3.63) is 24.3 Å². The van der Waals surface area contributed by atoms with Crippen molar-refractivity contribution in [1.29, 1.82) is 0 Å². The van der Waals surface area contributed by atoms with Gasteiger partial charge in [0.25, 0.3) is 0 Å². The number of nitrogens with one attached hydrogen (secondary N) is 2. The molecule has 0 heterocycles. The maximum atomic E-state index is 12.2. The Morgan fingerprint density at radius 2 is 2.10 bits per heavy atom. The number of carbonyl (C=O) groups excluding carboxylic acids is 1. The Kier molecular flexibility index (Phi) is 4.04. The molecule has 1 aromatic carbocycles. The molecule has 0 aromatic heterocycles. The zero-order chi connectivity index (χ0) is 14.8. The van der Waals surface area contributed by atoms with E-state index in [9.17, 15) is 4.79 Å². The van der Waals surface area contributed by atoms with Crippen LogP contribution in [0.2, 0.25) is 0 Å². The average molecular weight is 288 g/mol. The molecule has 114 valence electrons. The van der Waals surface area contributed by atoms with E-state index >= 15 is 0 Å². The summed E-state index contributed by atoms with van der Waals surface area (Å²) in [5.41, 5.74) is 0.706. The number of urea groups is 1. The van der Waals surface area contributed by atoms with E-state index in [1.807, 2.05) is 24.3 Å². The summed E-state index contributed by atoms with van der Waals surface area (Å²) < 4.78 is 5.25. The van der Waals surface area contributed by atoms with Gasteiger partial charge in [0, 0.05) is 6.04 Å². The number of benzene rings is 1. The van der Waals surface area contributed by atoms with Crippen molar-refractivity contribution in [3.8, 4) is 5.75 Å². The van der Waals surface area contributed by atoms with Crippen molar-refractivity contribution in [3.63, 3.8) is 0 Å². The molecule has 2 aliphatic rings. The molecule has 3 rings (SSSR count). The molecular formula is C17H24N2O2. The van der Waals surface area contributed by atoms with Crippen LogP contribution in [0.15, 0.2) is 24.3 Å². The molecule has 2 fully saturated rings. The van der Waals surface area contributed by atoms with Gasteiger partial charge in [-0.25, -0.2) is 4.79 Å². The Morgan fingerprint density at radius 3 is 2.76 bits per heavy atom. The summed E-state index contributed by atoms with van der Waals surface area (Å²) in [5, 5.41) is 5.99. The first kappa shape index (κ1) is 14.2. The first-order chi connectivity index (χ1) is 10.2. The van der Waals surface area contributed by atoms with Crippen molar-refractivity contribution in [1.82, 2.24) is 5.32 Å². The summed E-state index contributed by atoms with van der Waals surface area (Å²) in [5.74, 6) is 3.05. The second-order valence-corrected chi connectivity index (χ2v) is 6.43. The Hall–Kier alpha value is -1.71. The van der Waals surface area contributed by atoms with Gasteiger partial charge in [-0.15, -0.1) is 0 Å². The Labute approximate surface area is 126 Å². The van der Waals surface area contributed by atoms with E-state index in [4.69, 9.17) is 4.74 Å². The number of methoxy groups -OCH3 is 1. The zero-order valence-electron chi connectivity index (χ0n) is 12.8. The van der Waals surface area contributed by atoms with Crippen LogP contribution < -0.4 is 15.4 Å². The fourth-order valence-corrected chi connectivity index (χ4v) is 4.13. The van der Waals surface area contributed by atoms with Gasteiger partial charge in [-0.2, -0.15) is 0 Å². The normalized spacial score (nSPS) is 28.2. The van der Waals surface area contributed by atoms with Gasteiger partial charge in [-0.3, -0.25) is 0 Å². The lowest BCUT2D eigenvalue weighted by Gasteiger charge is -2.28. The van der Waals surface area contributed by atoms with E-state index in [1.165, 1.54) is 25.7 Å². The number of anilines is 1. The standard InChI is InChI=1S/C17H24N2O2/c1-11(14-10-12-7-8-13(14)9-12)18-17(20)19-15-5-3-4-6-16(15)21-2/h3-6,11-14H,7-10H2,1-2H3,(H2,18,19,20)/t11-,12+,13+,14-/m0/s1. The third-order valence-electron chi connectivity index (χ3n) is 5.15. The Morgan fingerprint density at radius 1 is 1.29 bits per heavy atom. The number of ether oxygens (including phenoxy) is 1. The van der Waals surface area contributed by atoms with Gasteiger partial charge in [-0.05, 0) is 56.1 Å². The molecule has 2 saturated carbocycles. The smallest absolute Gasteiger partial charge is 0.319 e. The minimum atomic E-state index is -0.144. The van der Waals surface area contributed by atoms with Gasteiger partial charge in [0.1, 0.15) is 5.75 Å². The minimum absolute atomic E-state index is 0.144. The molecular weight excluding hydrogens is 264 g/mol. The van der Waals surface area contributed by atoms with Crippen LogP contribution >= 0.6 is 0 Å². The molecule has 2 aliphatic carbocycles. The second kappa shape index (κ2) is 5.96. The van der Waals surface area contributed by atoms with E-state index in [0.29, 0.717) is 17.4 Å². The molecule has 2 N–H and O–H groups in total. The topological polar surface area (TPSA) is 50.4 Å². The van der Waals surface area contributed by atoms with Gasteiger partial charge in [0.05, 0.1) is 12.8 Å². The molecule has 4 nitrogen and oxygen atoms in total. The van der Waals surface area contributed by atoms with E-state index in [1.54, 1.807) is 7.11 Å². The van der Waals surface area contributed by atoms with Gasteiger partial charge >= 0.3 is 6.03 Å². The maximum absolute atomic E-state index is 12.2. The molecule has 0 spiro atoms. The number of hydrogen-bond donors (Lipinski definition) is 2. The highest BCUT2D eigenvalue weighted by Crippen LogP contribution is 2.49. The van der Waals surface area contributed by atoms with Crippen LogP contribution in [0, 0.1) is 17.8 Å².